The molecular weight excluding hydrogens is 232 g/mol. The van der Waals surface area contributed by atoms with Gasteiger partial charge in [-0.3, -0.25) is 0 Å². The van der Waals surface area contributed by atoms with Gasteiger partial charge >= 0.3 is 0 Å². The van der Waals surface area contributed by atoms with Gasteiger partial charge in [-0.05, 0) is 12.8 Å². The van der Waals surface area contributed by atoms with Gasteiger partial charge in [0.2, 0.25) is 0 Å². The fraction of sp³-hybridized carbons (Fsp3) is 0.667. The molecule has 1 fully saturated rings. The first-order chi connectivity index (χ1) is 8.69. The minimum atomic E-state index is -0.199. The molecular formula is C12H20N4O2. The van der Waals surface area contributed by atoms with Crippen LogP contribution in [0.25, 0.3) is 0 Å². The van der Waals surface area contributed by atoms with Crippen molar-refractivity contribution in [1.29, 1.82) is 0 Å². The number of anilines is 2. The Morgan fingerprint density at radius 2 is 2.33 bits per heavy atom. The van der Waals surface area contributed by atoms with Crippen molar-refractivity contribution in [2.45, 2.75) is 32.0 Å². The van der Waals surface area contributed by atoms with E-state index >= 15 is 0 Å². The Kier molecular flexibility index (Phi) is 4.33. The zero-order valence-corrected chi connectivity index (χ0v) is 10.6. The van der Waals surface area contributed by atoms with Crippen LogP contribution in [-0.4, -0.2) is 34.8 Å². The summed E-state index contributed by atoms with van der Waals surface area (Å²) in [6.07, 6.45) is 2.84. The normalized spacial score (nSPS) is 23.2. The van der Waals surface area contributed by atoms with Crippen molar-refractivity contribution in [2.75, 3.05) is 24.7 Å². The second-order valence-corrected chi connectivity index (χ2v) is 4.67. The molecule has 0 aromatic carbocycles. The molecule has 100 valence electrons. The summed E-state index contributed by atoms with van der Waals surface area (Å²) >= 11 is 0. The topological polar surface area (TPSA) is 93.3 Å². The number of hydrogen-bond donors (Lipinski definition) is 3. The summed E-state index contributed by atoms with van der Waals surface area (Å²) in [5.41, 5.74) is 5.70. The zero-order chi connectivity index (χ0) is 13.0. The van der Waals surface area contributed by atoms with Gasteiger partial charge in [0.25, 0.3) is 0 Å². The van der Waals surface area contributed by atoms with E-state index in [4.69, 9.17) is 10.5 Å². The lowest BCUT2D eigenvalue weighted by Gasteiger charge is -2.15. The van der Waals surface area contributed by atoms with Crippen molar-refractivity contribution >= 4 is 11.6 Å². The standard InChI is InChI=1S/C12H20N4O2/c1-18-7-12-15-10(13)5-11(16-12)14-6-8-3-2-4-9(8)17/h5,8-9,17H,2-4,6-7H2,1H3,(H3,13,14,15,16). The summed E-state index contributed by atoms with van der Waals surface area (Å²) in [6, 6.07) is 1.69. The maximum absolute atomic E-state index is 9.74. The highest BCUT2D eigenvalue weighted by molar-refractivity contribution is 5.44. The van der Waals surface area contributed by atoms with Gasteiger partial charge in [-0.25, -0.2) is 9.97 Å². The monoisotopic (exact) mass is 252 g/mol. The number of aliphatic hydroxyl groups is 1. The quantitative estimate of drug-likeness (QED) is 0.717. The van der Waals surface area contributed by atoms with Crippen molar-refractivity contribution < 1.29 is 9.84 Å². The van der Waals surface area contributed by atoms with Crippen LogP contribution in [0.2, 0.25) is 0 Å². The van der Waals surface area contributed by atoms with Gasteiger partial charge in [-0.2, -0.15) is 0 Å². The van der Waals surface area contributed by atoms with Crippen molar-refractivity contribution in [3.63, 3.8) is 0 Å². The maximum atomic E-state index is 9.74. The Morgan fingerprint density at radius 1 is 1.50 bits per heavy atom. The van der Waals surface area contributed by atoms with E-state index in [0.29, 0.717) is 36.5 Å². The summed E-state index contributed by atoms with van der Waals surface area (Å²) in [4.78, 5) is 8.37. The van der Waals surface area contributed by atoms with Gasteiger partial charge in [0.15, 0.2) is 5.82 Å². The molecule has 2 atom stereocenters. The predicted octanol–water partition coefficient (Wildman–Crippen LogP) is 0.778. The third-order valence-corrected chi connectivity index (χ3v) is 3.23. The minimum Gasteiger partial charge on any atom is -0.393 e. The number of nitrogens with zero attached hydrogens (tertiary/aromatic N) is 2. The predicted molar refractivity (Wildman–Crippen MR) is 69.0 cm³/mol. The lowest BCUT2D eigenvalue weighted by atomic mass is 10.1. The van der Waals surface area contributed by atoms with Crippen LogP contribution in [0.1, 0.15) is 25.1 Å². The highest BCUT2D eigenvalue weighted by Crippen LogP contribution is 2.25. The Labute approximate surface area is 107 Å². The lowest BCUT2D eigenvalue weighted by Crippen LogP contribution is -2.22. The van der Waals surface area contributed by atoms with Crippen molar-refractivity contribution in [3.05, 3.63) is 11.9 Å². The van der Waals surface area contributed by atoms with Crippen LogP contribution in [0.3, 0.4) is 0 Å². The van der Waals surface area contributed by atoms with Crippen LogP contribution in [0, 0.1) is 5.92 Å². The minimum absolute atomic E-state index is 0.199. The number of nitrogens with one attached hydrogen (secondary N) is 1. The Hall–Kier alpha value is -1.40. The molecule has 2 unspecified atom stereocenters. The van der Waals surface area contributed by atoms with Crippen LogP contribution < -0.4 is 11.1 Å². The van der Waals surface area contributed by atoms with Gasteiger partial charge in [0.1, 0.15) is 18.2 Å². The van der Waals surface area contributed by atoms with Gasteiger partial charge in [-0.1, -0.05) is 6.42 Å². The molecule has 0 aliphatic heterocycles. The second kappa shape index (κ2) is 5.97. The molecule has 1 saturated carbocycles. The van der Waals surface area contributed by atoms with Crippen LogP contribution in [0.5, 0.6) is 0 Å². The molecule has 1 aromatic heterocycles. The molecule has 1 aliphatic carbocycles. The molecule has 0 spiro atoms. The van der Waals surface area contributed by atoms with E-state index in [2.05, 4.69) is 15.3 Å². The van der Waals surface area contributed by atoms with Gasteiger partial charge in [-0.15, -0.1) is 0 Å². The molecule has 0 saturated heterocycles. The number of methoxy groups -OCH3 is 1. The van der Waals surface area contributed by atoms with E-state index in [9.17, 15) is 5.11 Å². The first-order valence-corrected chi connectivity index (χ1v) is 6.23. The van der Waals surface area contributed by atoms with Gasteiger partial charge in [0.05, 0.1) is 6.10 Å². The average Bonchev–Trinajstić information content (AvgIpc) is 2.72. The number of nitrogen functional groups attached to an aromatic ring is 1. The molecule has 0 amide bonds. The van der Waals surface area contributed by atoms with Crippen LogP contribution in [0.4, 0.5) is 11.6 Å². The molecule has 2 rings (SSSR count). The summed E-state index contributed by atoms with van der Waals surface area (Å²) < 4.78 is 4.98. The summed E-state index contributed by atoms with van der Waals surface area (Å²) in [7, 11) is 1.59. The highest BCUT2D eigenvalue weighted by Gasteiger charge is 2.24. The summed E-state index contributed by atoms with van der Waals surface area (Å²) in [5, 5.41) is 13.0. The van der Waals surface area contributed by atoms with Gasteiger partial charge in [0, 0.05) is 25.6 Å². The van der Waals surface area contributed by atoms with E-state index in [1.54, 1.807) is 13.2 Å². The lowest BCUT2D eigenvalue weighted by molar-refractivity contribution is 0.138. The molecule has 0 bridgehead atoms. The summed E-state index contributed by atoms with van der Waals surface area (Å²) in [5.74, 6) is 1.97. The van der Waals surface area contributed by atoms with Crippen molar-refractivity contribution in [2.24, 2.45) is 5.92 Å². The molecule has 6 nitrogen and oxygen atoms in total. The number of hydrogen-bond acceptors (Lipinski definition) is 6. The molecule has 18 heavy (non-hydrogen) atoms. The Bertz CT molecular complexity index is 400. The number of ether oxygens (including phenoxy) is 1. The van der Waals surface area contributed by atoms with Crippen LogP contribution in [0.15, 0.2) is 6.07 Å². The Morgan fingerprint density at radius 3 is 3.00 bits per heavy atom. The van der Waals surface area contributed by atoms with E-state index in [-0.39, 0.29) is 6.10 Å². The second-order valence-electron chi connectivity index (χ2n) is 4.67. The first kappa shape index (κ1) is 13.0. The third-order valence-electron chi connectivity index (χ3n) is 3.23. The SMILES string of the molecule is COCc1nc(N)cc(NCC2CCCC2O)n1. The molecule has 1 aromatic rings. The third kappa shape index (κ3) is 3.30. The highest BCUT2D eigenvalue weighted by atomic mass is 16.5. The molecule has 1 aliphatic rings. The molecule has 4 N–H and O–H groups in total. The van der Waals surface area contributed by atoms with Crippen molar-refractivity contribution in [3.8, 4) is 0 Å². The van der Waals surface area contributed by atoms with E-state index in [0.717, 1.165) is 19.3 Å². The number of aromatic nitrogens is 2. The smallest absolute Gasteiger partial charge is 0.158 e. The van der Waals surface area contributed by atoms with E-state index in [1.165, 1.54) is 0 Å². The van der Waals surface area contributed by atoms with Gasteiger partial charge < -0.3 is 20.9 Å². The zero-order valence-electron chi connectivity index (χ0n) is 10.6. The molecule has 6 heteroatoms. The Balaban J connectivity index is 1.95. The number of aliphatic hydroxyl groups excluding tert-OH is 1. The average molecular weight is 252 g/mol. The maximum Gasteiger partial charge on any atom is 0.158 e. The number of nitrogens with two attached hydrogens (primary N) is 1. The number of rotatable bonds is 5. The fourth-order valence-electron chi connectivity index (χ4n) is 2.29. The fourth-order valence-corrected chi connectivity index (χ4v) is 2.29. The van der Waals surface area contributed by atoms with Crippen LogP contribution >= 0.6 is 0 Å². The van der Waals surface area contributed by atoms with Crippen LogP contribution in [-0.2, 0) is 11.3 Å². The van der Waals surface area contributed by atoms with Crippen molar-refractivity contribution in [1.82, 2.24) is 9.97 Å². The largest absolute Gasteiger partial charge is 0.393 e. The van der Waals surface area contributed by atoms with E-state index < -0.39 is 0 Å². The van der Waals surface area contributed by atoms with E-state index in [1.807, 2.05) is 0 Å². The summed E-state index contributed by atoms with van der Waals surface area (Å²) in [6.45, 7) is 1.05. The molecule has 0 radical (unpaired) electrons. The first-order valence-electron chi connectivity index (χ1n) is 6.23. The molecule has 1 heterocycles.